The highest BCUT2D eigenvalue weighted by atomic mass is 35.5. The molecule has 21 heavy (non-hydrogen) atoms. The predicted molar refractivity (Wildman–Crippen MR) is 82.7 cm³/mol. The number of halogens is 1. The van der Waals surface area contributed by atoms with E-state index < -0.39 is 0 Å². The average Bonchev–Trinajstić information content (AvgIpc) is 2.47. The molecule has 0 fully saturated rings. The normalized spacial score (nSPS) is 10.1. The van der Waals surface area contributed by atoms with Gasteiger partial charge in [-0.1, -0.05) is 17.7 Å². The number of nitrogen functional groups attached to an aromatic ring is 1. The number of benzene rings is 1. The van der Waals surface area contributed by atoms with Crippen LogP contribution in [0.4, 0.5) is 11.5 Å². The molecule has 6 nitrogen and oxygen atoms in total. The summed E-state index contributed by atoms with van der Waals surface area (Å²) in [4.78, 5) is 16.2. The fraction of sp³-hybridized carbons (Fsp3) is 0.143. The minimum absolute atomic E-state index is 0.265. The molecule has 0 spiro atoms. The number of ether oxygens (including phenoxy) is 1. The summed E-state index contributed by atoms with van der Waals surface area (Å²) in [7, 11) is 1.54. The molecule has 0 atom stereocenters. The van der Waals surface area contributed by atoms with Gasteiger partial charge in [-0.25, -0.2) is 10.8 Å². The van der Waals surface area contributed by atoms with Gasteiger partial charge in [-0.2, -0.15) is 0 Å². The third-order valence-corrected chi connectivity index (χ3v) is 3.13. The van der Waals surface area contributed by atoms with E-state index in [0.29, 0.717) is 22.8 Å². The van der Waals surface area contributed by atoms with E-state index in [-0.39, 0.29) is 10.9 Å². The molecule has 0 bridgehead atoms. The molecule has 1 aromatic carbocycles. The average molecular weight is 307 g/mol. The Labute approximate surface area is 127 Å². The minimum Gasteiger partial charge on any atom is -0.495 e. The van der Waals surface area contributed by atoms with E-state index in [1.807, 2.05) is 19.1 Å². The number of aromatic nitrogens is 1. The molecular weight excluding hydrogens is 292 g/mol. The maximum atomic E-state index is 12.2. The summed E-state index contributed by atoms with van der Waals surface area (Å²) in [6.07, 6.45) is 1.39. The Morgan fingerprint density at radius 2 is 2.14 bits per heavy atom. The Balaban J connectivity index is 2.26. The second kappa shape index (κ2) is 6.43. The number of anilines is 2. The van der Waals surface area contributed by atoms with Crippen LogP contribution in [-0.4, -0.2) is 18.0 Å². The molecule has 110 valence electrons. The van der Waals surface area contributed by atoms with Crippen molar-refractivity contribution in [1.82, 2.24) is 4.98 Å². The van der Waals surface area contributed by atoms with Crippen molar-refractivity contribution in [2.45, 2.75) is 6.92 Å². The van der Waals surface area contributed by atoms with Crippen LogP contribution in [0.1, 0.15) is 15.9 Å². The van der Waals surface area contributed by atoms with Crippen LogP contribution in [0.2, 0.25) is 5.02 Å². The number of hydrazine groups is 1. The van der Waals surface area contributed by atoms with Gasteiger partial charge >= 0.3 is 0 Å². The van der Waals surface area contributed by atoms with Gasteiger partial charge in [-0.3, -0.25) is 4.79 Å². The Bertz CT molecular complexity index is 676. The maximum absolute atomic E-state index is 12.2. The monoisotopic (exact) mass is 306 g/mol. The maximum Gasteiger partial charge on any atom is 0.257 e. The molecule has 0 aliphatic rings. The molecule has 7 heteroatoms. The van der Waals surface area contributed by atoms with Crippen molar-refractivity contribution in [2.75, 3.05) is 17.9 Å². The van der Waals surface area contributed by atoms with Gasteiger partial charge in [0.2, 0.25) is 0 Å². The largest absolute Gasteiger partial charge is 0.495 e. The van der Waals surface area contributed by atoms with Crippen molar-refractivity contribution >= 4 is 29.0 Å². The van der Waals surface area contributed by atoms with Gasteiger partial charge < -0.3 is 15.5 Å². The van der Waals surface area contributed by atoms with Crippen LogP contribution in [0, 0.1) is 6.92 Å². The van der Waals surface area contributed by atoms with Gasteiger partial charge in [0.05, 0.1) is 23.4 Å². The van der Waals surface area contributed by atoms with Crippen molar-refractivity contribution in [3.8, 4) is 5.75 Å². The lowest BCUT2D eigenvalue weighted by molar-refractivity contribution is 0.102. The van der Waals surface area contributed by atoms with E-state index in [1.54, 1.807) is 13.2 Å². The first-order valence-electron chi connectivity index (χ1n) is 6.13. The molecule has 1 aromatic heterocycles. The van der Waals surface area contributed by atoms with E-state index in [4.69, 9.17) is 22.2 Å². The first-order valence-corrected chi connectivity index (χ1v) is 6.51. The minimum atomic E-state index is -0.336. The van der Waals surface area contributed by atoms with Gasteiger partial charge in [0.1, 0.15) is 5.75 Å². The lowest BCUT2D eigenvalue weighted by Gasteiger charge is -2.11. The second-order valence-electron chi connectivity index (χ2n) is 4.36. The third-order valence-electron chi connectivity index (χ3n) is 2.84. The number of pyridine rings is 1. The number of nitrogens with zero attached hydrogens (tertiary/aromatic N) is 1. The van der Waals surface area contributed by atoms with E-state index in [9.17, 15) is 4.79 Å². The van der Waals surface area contributed by atoms with Gasteiger partial charge in [-0.05, 0) is 30.7 Å². The lowest BCUT2D eigenvalue weighted by Crippen LogP contribution is -2.15. The van der Waals surface area contributed by atoms with Crippen molar-refractivity contribution in [2.24, 2.45) is 5.84 Å². The molecule has 2 rings (SSSR count). The highest BCUT2D eigenvalue weighted by Gasteiger charge is 2.12. The summed E-state index contributed by atoms with van der Waals surface area (Å²) >= 11 is 5.95. The summed E-state index contributed by atoms with van der Waals surface area (Å²) in [6, 6.07) is 7.00. The molecule has 0 aliphatic carbocycles. The third kappa shape index (κ3) is 3.42. The van der Waals surface area contributed by atoms with Crippen LogP contribution >= 0.6 is 11.6 Å². The molecule has 4 N–H and O–H groups in total. The Hall–Kier alpha value is -2.31. The Kier molecular flexibility index (Phi) is 4.62. The molecular formula is C14H15ClN4O2. The lowest BCUT2D eigenvalue weighted by atomic mass is 10.2. The fourth-order valence-electron chi connectivity index (χ4n) is 1.78. The number of hydrogen-bond donors (Lipinski definition) is 3. The van der Waals surface area contributed by atoms with Crippen LogP contribution in [0.3, 0.4) is 0 Å². The number of carbonyl (C=O) groups is 1. The molecule has 0 saturated carbocycles. The molecule has 0 aliphatic heterocycles. The molecule has 1 amide bonds. The number of amides is 1. The number of carbonyl (C=O) groups excluding carboxylic acids is 1. The first kappa shape index (κ1) is 15.1. The van der Waals surface area contributed by atoms with Crippen molar-refractivity contribution in [1.29, 1.82) is 0 Å². The standard InChI is InChI=1S/C14H15ClN4O2/c1-8-3-4-12(21-2)11(5-8)18-14(20)9-6-10(15)13(19-16)17-7-9/h3-7H,16H2,1-2H3,(H,17,19)(H,18,20). The van der Waals surface area contributed by atoms with Crippen LogP contribution in [-0.2, 0) is 0 Å². The number of methoxy groups -OCH3 is 1. The van der Waals surface area contributed by atoms with Crippen LogP contribution in [0.5, 0.6) is 5.75 Å². The number of aryl methyl sites for hydroxylation is 1. The zero-order chi connectivity index (χ0) is 15.4. The summed E-state index contributed by atoms with van der Waals surface area (Å²) in [6.45, 7) is 1.93. The quantitative estimate of drug-likeness (QED) is 0.597. The zero-order valence-corrected chi connectivity index (χ0v) is 12.4. The summed E-state index contributed by atoms with van der Waals surface area (Å²) < 4.78 is 5.21. The van der Waals surface area contributed by atoms with Crippen LogP contribution in [0.15, 0.2) is 30.5 Å². The summed E-state index contributed by atoms with van der Waals surface area (Å²) in [5.74, 6) is 5.79. The van der Waals surface area contributed by atoms with E-state index in [2.05, 4.69) is 15.7 Å². The van der Waals surface area contributed by atoms with E-state index >= 15 is 0 Å². The topological polar surface area (TPSA) is 89.3 Å². The molecule has 0 saturated heterocycles. The van der Waals surface area contributed by atoms with Crippen LogP contribution < -0.4 is 21.3 Å². The number of rotatable bonds is 4. The van der Waals surface area contributed by atoms with Crippen LogP contribution in [0.25, 0.3) is 0 Å². The van der Waals surface area contributed by atoms with Gasteiger partial charge in [0.25, 0.3) is 5.91 Å². The van der Waals surface area contributed by atoms with E-state index in [1.165, 1.54) is 12.3 Å². The number of nitrogens with one attached hydrogen (secondary N) is 2. The molecule has 1 heterocycles. The van der Waals surface area contributed by atoms with Crippen molar-refractivity contribution in [3.05, 3.63) is 46.6 Å². The smallest absolute Gasteiger partial charge is 0.257 e. The number of nitrogens with two attached hydrogens (primary N) is 1. The second-order valence-corrected chi connectivity index (χ2v) is 4.76. The fourth-order valence-corrected chi connectivity index (χ4v) is 2.00. The SMILES string of the molecule is COc1ccc(C)cc1NC(=O)c1cnc(NN)c(Cl)c1. The number of hydrogen-bond acceptors (Lipinski definition) is 5. The summed E-state index contributed by atoms with van der Waals surface area (Å²) in [5, 5.41) is 3.03. The Morgan fingerprint density at radius 3 is 2.76 bits per heavy atom. The highest BCUT2D eigenvalue weighted by Crippen LogP contribution is 2.26. The van der Waals surface area contributed by atoms with Crippen molar-refractivity contribution in [3.63, 3.8) is 0 Å². The zero-order valence-electron chi connectivity index (χ0n) is 11.6. The molecule has 2 aromatic rings. The first-order chi connectivity index (χ1) is 10.0. The van der Waals surface area contributed by atoms with Gasteiger partial charge in [-0.15, -0.1) is 0 Å². The Morgan fingerprint density at radius 1 is 1.38 bits per heavy atom. The van der Waals surface area contributed by atoms with E-state index in [0.717, 1.165) is 5.56 Å². The van der Waals surface area contributed by atoms with Crippen molar-refractivity contribution < 1.29 is 9.53 Å². The van der Waals surface area contributed by atoms with Gasteiger partial charge in [0.15, 0.2) is 5.82 Å². The highest BCUT2D eigenvalue weighted by molar-refractivity contribution is 6.33. The molecule has 0 radical (unpaired) electrons. The molecule has 0 unspecified atom stereocenters. The van der Waals surface area contributed by atoms with Gasteiger partial charge in [0, 0.05) is 6.20 Å². The summed E-state index contributed by atoms with van der Waals surface area (Å²) in [5.41, 5.74) is 4.25. The predicted octanol–water partition coefficient (Wildman–Crippen LogP) is 2.59.